The van der Waals surface area contributed by atoms with Crippen LogP contribution in [0, 0.1) is 0 Å². The Morgan fingerprint density at radius 1 is 1.43 bits per heavy atom. The molecule has 0 fully saturated rings. The minimum Gasteiger partial charge on any atom is -0.326 e. The molecule has 2 N–H and O–H groups in total. The lowest BCUT2D eigenvalue weighted by Crippen LogP contribution is -2.30. The molecule has 0 spiro atoms. The zero-order valence-corrected chi connectivity index (χ0v) is 5.19. The van der Waals surface area contributed by atoms with Crippen molar-refractivity contribution in [3.8, 4) is 0 Å². The number of hydrogen-bond donors (Lipinski definition) is 1. The first-order valence-electron chi connectivity index (χ1n) is 2.35. The van der Waals surface area contributed by atoms with E-state index >= 15 is 0 Å². The molecule has 0 aromatic rings. The minimum atomic E-state index is 0. The van der Waals surface area contributed by atoms with Crippen molar-refractivity contribution in [2.45, 2.75) is 32.7 Å². The van der Waals surface area contributed by atoms with Gasteiger partial charge in [-0.25, -0.2) is 0 Å². The van der Waals surface area contributed by atoms with Crippen molar-refractivity contribution in [1.29, 1.82) is 0 Å². The van der Waals surface area contributed by atoms with E-state index in [-0.39, 0.29) is 10.2 Å². The Labute approximate surface area is 44.3 Å². The Morgan fingerprint density at radius 2 is 1.57 bits per heavy atom. The molecular formula is C5H14FN. The molecule has 0 aliphatic heterocycles. The first-order chi connectivity index (χ1) is 2.56. The summed E-state index contributed by atoms with van der Waals surface area (Å²) < 4.78 is 0. The molecule has 0 amide bonds. The lowest BCUT2D eigenvalue weighted by atomic mass is 10.1. The minimum absolute atomic E-state index is 0. The van der Waals surface area contributed by atoms with E-state index in [9.17, 15) is 0 Å². The van der Waals surface area contributed by atoms with Gasteiger partial charge in [0.25, 0.3) is 0 Å². The Morgan fingerprint density at radius 3 is 1.57 bits per heavy atom. The SMILES string of the molecule is CCC(C)(C)N.F. The van der Waals surface area contributed by atoms with Crippen molar-refractivity contribution in [3.05, 3.63) is 0 Å². The third-order valence-electron chi connectivity index (χ3n) is 0.911. The van der Waals surface area contributed by atoms with Gasteiger partial charge in [0.15, 0.2) is 0 Å². The van der Waals surface area contributed by atoms with E-state index in [4.69, 9.17) is 5.73 Å². The molecule has 46 valence electrons. The fraction of sp³-hybridized carbons (Fsp3) is 1.00. The molecule has 0 aliphatic rings. The van der Waals surface area contributed by atoms with Gasteiger partial charge < -0.3 is 5.73 Å². The standard InChI is InChI=1S/C5H13N.FH/c1-4-5(2,3)6;/h4,6H2,1-3H3;1H. The fourth-order valence-corrected chi connectivity index (χ4v) is 0. The van der Waals surface area contributed by atoms with Crippen LogP contribution in [0.3, 0.4) is 0 Å². The maximum absolute atomic E-state index is 5.53. The average Bonchev–Trinajstić information content (AvgIpc) is 1.35. The third-order valence-corrected chi connectivity index (χ3v) is 0.911. The van der Waals surface area contributed by atoms with Gasteiger partial charge in [-0.1, -0.05) is 6.92 Å². The zero-order chi connectivity index (χ0) is 5.21. The number of nitrogens with two attached hydrogens (primary N) is 1. The van der Waals surface area contributed by atoms with Gasteiger partial charge in [0.1, 0.15) is 0 Å². The number of rotatable bonds is 1. The first kappa shape index (κ1) is 10.00. The maximum atomic E-state index is 5.53. The van der Waals surface area contributed by atoms with Crippen molar-refractivity contribution >= 4 is 0 Å². The van der Waals surface area contributed by atoms with Crippen LogP contribution in [0.5, 0.6) is 0 Å². The largest absolute Gasteiger partial charge is 0.326 e. The monoisotopic (exact) mass is 107 g/mol. The Hall–Kier alpha value is -0.110. The summed E-state index contributed by atoms with van der Waals surface area (Å²) in [4.78, 5) is 0. The second-order valence-electron chi connectivity index (χ2n) is 2.34. The molecule has 0 saturated heterocycles. The smallest absolute Gasteiger partial charge is 0.00944 e. The molecule has 0 unspecified atom stereocenters. The highest BCUT2D eigenvalue weighted by Crippen LogP contribution is 1.99. The van der Waals surface area contributed by atoms with Crippen molar-refractivity contribution < 1.29 is 4.70 Å². The molecule has 0 rings (SSSR count). The molecule has 0 saturated carbocycles. The highest BCUT2D eigenvalue weighted by atomic mass is 19.0. The Bertz CT molecular complexity index is 37.8. The second-order valence-corrected chi connectivity index (χ2v) is 2.34. The van der Waals surface area contributed by atoms with Gasteiger partial charge in [-0.2, -0.15) is 0 Å². The predicted octanol–water partition coefficient (Wildman–Crippen LogP) is 1.29. The van der Waals surface area contributed by atoms with Crippen molar-refractivity contribution in [2.75, 3.05) is 0 Å². The average molecular weight is 107 g/mol. The van der Waals surface area contributed by atoms with Crippen LogP contribution in [0.2, 0.25) is 0 Å². The van der Waals surface area contributed by atoms with E-state index in [0.29, 0.717) is 0 Å². The second kappa shape index (κ2) is 2.97. The topological polar surface area (TPSA) is 26.0 Å². The van der Waals surface area contributed by atoms with Crippen LogP contribution >= 0.6 is 0 Å². The van der Waals surface area contributed by atoms with Gasteiger partial charge in [-0.3, -0.25) is 4.70 Å². The van der Waals surface area contributed by atoms with Crippen LogP contribution in [0.15, 0.2) is 0 Å². The normalized spacial score (nSPS) is 10.3. The van der Waals surface area contributed by atoms with Gasteiger partial charge in [-0.05, 0) is 20.3 Å². The highest BCUT2D eigenvalue weighted by molar-refractivity contribution is 4.66. The zero-order valence-electron chi connectivity index (χ0n) is 5.19. The summed E-state index contributed by atoms with van der Waals surface area (Å²) in [6.07, 6.45) is 1.05. The molecule has 0 aromatic carbocycles. The van der Waals surface area contributed by atoms with E-state index in [2.05, 4.69) is 6.92 Å². The molecule has 0 heterocycles. The van der Waals surface area contributed by atoms with Crippen molar-refractivity contribution in [2.24, 2.45) is 5.73 Å². The molecule has 0 aliphatic carbocycles. The summed E-state index contributed by atoms with van der Waals surface area (Å²) in [5.74, 6) is 0. The van der Waals surface area contributed by atoms with Gasteiger partial charge in [0, 0.05) is 5.54 Å². The van der Waals surface area contributed by atoms with Crippen LogP contribution in [-0.4, -0.2) is 5.54 Å². The summed E-state index contributed by atoms with van der Waals surface area (Å²) in [5.41, 5.74) is 5.58. The van der Waals surface area contributed by atoms with E-state index in [1.54, 1.807) is 0 Å². The Balaban J connectivity index is 0. The van der Waals surface area contributed by atoms with Crippen LogP contribution < -0.4 is 5.73 Å². The summed E-state index contributed by atoms with van der Waals surface area (Å²) >= 11 is 0. The highest BCUT2D eigenvalue weighted by Gasteiger charge is 2.03. The predicted molar refractivity (Wildman–Crippen MR) is 31.1 cm³/mol. The lowest BCUT2D eigenvalue weighted by molar-refractivity contribution is 0.501. The summed E-state index contributed by atoms with van der Waals surface area (Å²) in [6, 6.07) is 0. The summed E-state index contributed by atoms with van der Waals surface area (Å²) in [7, 11) is 0. The van der Waals surface area contributed by atoms with E-state index in [0.717, 1.165) is 6.42 Å². The lowest BCUT2D eigenvalue weighted by Gasteiger charge is -2.13. The van der Waals surface area contributed by atoms with Gasteiger partial charge in [0.2, 0.25) is 0 Å². The molecule has 1 nitrogen and oxygen atoms in total. The molecule has 0 radical (unpaired) electrons. The molecule has 0 aromatic heterocycles. The van der Waals surface area contributed by atoms with E-state index in [1.165, 1.54) is 0 Å². The van der Waals surface area contributed by atoms with E-state index < -0.39 is 0 Å². The molecular weight excluding hydrogens is 93.1 g/mol. The van der Waals surface area contributed by atoms with Crippen molar-refractivity contribution in [1.82, 2.24) is 0 Å². The van der Waals surface area contributed by atoms with E-state index in [1.807, 2.05) is 13.8 Å². The molecule has 0 atom stereocenters. The van der Waals surface area contributed by atoms with Crippen molar-refractivity contribution in [3.63, 3.8) is 0 Å². The molecule has 0 bridgehead atoms. The van der Waals surface area contributed by atoms with Crippen LogP contribution in [-0.2, 0) is 0 Å². The maximum Gasteiger partial charge on any atom is 0.00944 e. The number of hydrogen-bond acceptors (Lipinski definition) is 1. The first-order valence-corrected chi connectivity index (χ1v) is 2.35. The van der Waals surface area contributed by atoms with Crippen LogP contribution in [0.4, 0.5) is 4.70 Å². The van der Waals surface area contributed by atoms with Gasteiger partial charge >= 0.3 is 0 Å². The fourth-order valence-electron chi connectivity index (χ4n) is 0. The quantitative estimate of drug-likeness (QED) is 0.536. The Kier molecular flexibility index (Phi) is 4.24. The third kappa shape index (κ3) is 10.7. The molecule has 7 heavy (non-hydrogen) atoms. The number of halogens is 1. The summed E-state index contributed by atoms with van der Waals surface area (Å²) in [6.45, 7) is 6.12. The summed E-state index contributed by atoms with van der Waals surface area (Å²) in [5, 5.41) is 0. The van der Waals surface area contributed by atoms with Crippen LogP contribution in [0.1, 0.15) is 27.2 Å². The molecule has 2 heteroatoms. The van der Waals surface area contributed by atoms with Gasteiger partial charge in [0.05, 0.1) is 0 Å². The van der Waals surface area contributed by atoms with Gasteiger partial charge in [-0.15, -0.1) is 0 Å². The van der Waals surface area contributed by atoms with Crippen LogP contribution in [0.25, 0.3) is 0 Å².